The number of hydrogen-bond acceptors (Lipinski definition) is 4. The lowest BCUT2D eigenvalue weighted by molar-refractivity contribution is -0.124. The molecule has 2 N–H and O–H groups in total. The number of hydrogen-bond donors (Lipinski definition) is 2. The van der Waals surface area contributed by atoms with Gasteiger partial charge in [-0.15, -0.1) is 0 Å². The monoisotopic (exact) mass is 342 g/mol. The summed E-state index contributed by atoms with van der Waals surface area (Å²) in [5, 5.41) is 6.14. The lowest BCUT2D eigenvalue weighted by atomic mass is 10.1. The van der Waals surface area contributed by atoms with E-state index < -0.39 is 0 Å². The minimum absolute atomic E-state index is 0.0767. The van der Waals surface area contributed by atoms with Crippen LogP contribution in [-0.4, -0.2) is 32.7 Å². The van der Waals surface area contributed by atoms with Gasteiger partial charge in [0.15, 0.2) is 11.5 Å². The van der Waals surface area contributed by atoms with Crippen LogP contribution in [0.25, 0.3) is 0 Å². The molecule has 1 aliphatic heterocycles. The van der Waals surface area contributed by atoms with Crippen molar-refractivity contribution in [1.29, 1.82) is 0 Å². The van der Waals surface area contributed by atoms with E-state index in [1.165, 1.54) is 0 Å². The maximum absolute atomic E-state index is 11.7. The summed E-state index contributed by atoms with van der Waals surface area (Å²) in [6, 6.07) is 3.66. The third kappa shape index (κ3) is 3.43. The van der Waals surface area contributed by atoms with Gasteiger partial charge < -0.3 is 20.1 Å². The zero-order valence-corrected chi connectivity index (χ0v) is 13.2. The second-order valence-electron chi connectivity index (χ2n) is 4.67. The van der Waals surface area contributed by atoms with Gasteiger partial charge in [-0.05, 0) is 30.5 Å². The van der Waals surface area contributed by atoms with E-state index in [4.69, 9.17) is 9.47 Å². The Labute approximate surface area is 127 Å². The number of carbonyl (C=O) groups is 1. The van der Waals surface area contributed by atoms with E-state index in [0.717, 1.165) is 29.4 Å². The van der Waals surface area contributed by atoms with Crippen molar-refractivity contribution < 1.29 is 14.3 Å². The second kappa shape index (κ2) is 6.95. The zero-order valence-electron chi connectivity index (χ0n) is 11.7. The molecule has 1 heterocycles. The largest absolute Gasteiger partial charge is 0.493 e. The van der Waals surface area contributed by atoms with Crippen LogP contribution in [0.3, 0.4) is 0 Å². The Morgan fingerprint density at radius 3 is 2.70 bits per heavy atom. The molecule has 1 amide bonds. The van der Waals surface area contributed by atoms with Crippen LogP contribution in [0.4, 0.5) is 0 Å². The van der Waals surface area contributed by atoms with Crippen LogP contribution in [0.1, 0.15) is 18.4 Å². The lowest BCUT2D eigenvalue weighted by Crippen LogP contribution is -2.47. The minimum atomic E-state index is -0.122. The Morgan fingerprint density at radius 1 is 1.35 bits per heavy atom. The number of amides is 1. The number of halogens is 1. The Hall–Kier alpha value is -1.27. The first-order valence-corrected chi connectivity index (χ1v) is 7.36. The highest BCUT2D eigenvalue weighted by Gasteiger charge is 2.21. The fourth-order valence-corrected chi connectivity index (χ4v) is 2.69. The molecule has 2 rings (SSSR count). The lowest BCUT2D eigenvalue weighted by Gasteiger charge is -2.23. The second-order valence-corrected chi connectivity index (χ2v) is 5.52. The molecule has 0 aliphatic carbocycles. The molecule has 1 aromatic rings. The average Bonchev–Trinajstić information content (AvgIpc) is 2.47. The van der Waals surface area contributed by atoms with Crippen LogP contribution < -0.4 is 20.1 Å². The maximum Gasteiger partial charge on any atom is 0.237 e. The number of nitrogens with one attached hydrogen (secondary N) is 2. The van der Waals surface area contributed by atoms with E-state index in [2.05, 4.69) is 26.6 Å². The molecule has 6 heteroatoms. The number of benzene rings is 1. The third-order valence-electron chi connectivity index (χ3n) is 3.38. The van der Waals surface area contributed by atoms with Crippen LogP contribution in [0, 0.1) is 0 Å². The molecule has 5 nitrogen and oxygen atoms in total. The summed E-state index contributed by atoms with van der Waals surface area (Å²) in [6.45, 7) is 1.37. The molecule has 1 fully saturated rings. The molecule has 0 saturated carbocycles. The van der Waals surface area contributed by atoms with Gasteiger partial charge in [0.1, 0.15) is 0 Å². The van der Waals surface area contributed by atoms with Crippen molar-refractivity contribution in [3.63, 3.8) is 0 Å². The summed E-state index contributed by atoms with van der Waals surface area (Å²) in [6.07, 6.45) is 1.88. The summed E-state index contributed by atoms with van der Waals surface area (Å²) < 4.78 is 11.5. The van der Waals surface area contributed by atoms with Gasteiger partial charge in [0.2, 0.25) is 5.91 Å². The smallest absolute Gasteiger partial charge is 0.237 e. The first kappa shape index (κ1) is 15.1. The molecule has 20 heavy (non-hydrogen) atoms. The number of methoxy groups -OCH3 is 2. The van der Waals surface area contributed by atoms with Gasteiger partial charge in [0.25, 0.3) is 0 Å². The molecule has 1 aliphatic rings. The molecule has 0 radical (unpaired) electrons. The van der Waals surface area contributed by atoms with Crippen molar-refractivity contribution in [3.8, 4) is 11.5 Å². The van der Waals surface area contributed by atoms with Crippen molar-refractivity contribution in [2.45, 2.75) is 25.4 Å². The first-order valence-electron chi connectivity index (χ1n) is 6.57. The minimum Gasteiger partial charge on any atom is -0.493 e. The molecule has 0 aromatic heterocycles. The Morgan fingerprint density at radius 2 is 2.05 bits per heavy atom. The van der Waals surface area contributed by atoms with Crippen molar-refractivity contribution in [2.75, 3.05) is 20.8 Å². The molecule has 110 valence electrons. The molecule has 1 aromatic carbocycles. The first-order chi connectivity index (χ1) is 9.65. The van der Waals surface area contributed by atoms with Gasteiger partial charge in [0, 0.05) is 17.6 Å². The zero-order chi connectivity index (χ0) is 14.5. The van der Waals surface area contributed by atoms with Gasteiger partial charge >= 0.3 is 0 Å². The van der Waals surface area contributed by atoms with E-state index in [-0.39, 0.29) is 11.9 Å². The quantitative estimate of drug-likeness (QED) is 0.857. The number of rotatable bonds is 5. The summed E-state index contributed by atoms with van der Waals surface area (Å²) in [5.74, 6) is 1.44. The highest BCUT2D eigenvalue weighted by molar-refractivity contribution is 9.10. The normalized spacial score (nSPS) is 18.6. The van der Waals surface area contributed by atoms with E-state index >= 15 is 0 Å². The molecule has 0 spiro atoms. The highest BCUT2D eigenvalue weighted by Crippen LogP contribution is 2.33. The number of carbonyl (C=O) groups excluding carboxylic acids is 1. The summed E-state index contributed by atoms with van der Waals surface area (Å²) >= 11 is 3.52. The van der Waals surface area contributed by atoms with Crippen LogP contribution in [0.15, 0.2) is 16.6 Å². The number of ether oxygens (including phenoxy) is 2. The van der Waals surface area contributed by atoms with Gasteiger partial charge in [-0.1, -0.05) is 15.9 Å². The average molecular weight is 343 g/mol. The van der Waals surface area contributed by atoms with Crippen LogP contribution in [-0.2, 0) is 11.3 Å². The van der Waals surface area contributed by atoms with Crippen molar-refractivity contribution in [2.24, 2.45) is 0 Å². The van der Waals surface area contributed by atoms with E-state index in [9.17, 15) is 4.79 Å². The van der Waals surface area contributed by atoms with Crippen LogP contribution in [0.5, 0.6) is 11.5 Å². The Balaban J connectivity index is 2.07. The fraction of sp³-hybridized carbons (Fsp3) is 0.500. The van der Waals surface area contributed by atoms with E-state index in [1.807, 2.05) is 12.1 Å². The fourth-order valence-electron chi connectivity index (χ4n) is 2.23. The van der Waals surface area contributed by atoms with Gasteiger partial charge in [-0.2, -0.15) is 0 Å². The van der Waals surface area contributed by atoms with E-state index in [0.29, 0.717) is 18.0 Å². The highest BCUT2D eigenvalue weighted by atomic mass is 79.9. The topological polar surface area (TPSA) is 59.6 Å². The molecular formula is C14H19BrN2O3. The van der Waals surface area contributed by atoms with Crippen molar-refractivity contribution >= 4 is 21.8 Å². The molecular weight excluding hydrogens is 324 g/mol. The predicted octanol–water partition coefficient (Wildman–Crippen LogP) is 1.83. The molecule has 0 bridgehead atoms. The SMILES string of the molecule is COc1cc(Br)c(CN[C@@H]2CCCNC2=O)cc1OC. The standard InChI is InChI=1S/C14H19BrN2O3/c1-19-12-6-9(10(15)7-13(12)20-2)8-17-11-4-3-5-16-14(11)18/h6-7,11,17H,3-5,8H2,1-2H3,(H,16,18)/t11-/m1/s1. The van der Waals surface area contributed by atoms with Crippen LogP contribution >= 0.6 is 15.9 Å². The summed E-state index contributed by atoms with van der Waals surface area (Å²) in [7, 11) is 3.21. The van der Waals surface area contributed by atoms with Crippen molar-refractivity contribution in [3.05, 3.63) is 22.2 Å². The van der Waals surface area contributed by atoms with Gasteiger partial charge in [-0.3, -0.25) is 4.79 Å². The molecule has 0 unspecified atom stereocenters. The predicted molar refractivity (Wildman–Crippen MR) is 80.1 cm³/mol. The third-order valence-corrected chi connectivity index (χ3v) is 4.11. The van der Waals surface area contributed by atoms with Gasteiger partial charge in [-0.25, -0.2) is 0 Å². The molecule has 1 saturated heterocycles. The Kier molecular flexibility index (Phi) is 5.25. The Bertz CT molecular complexity index is 494. The summed E-state index contributed by atoms with van der Waals surface area (Å²) in [4.78, 5) is 11.7. The van der Waals surface area contributed by atoms with Crippen LogP contribution in [0.2, 0.25) is 0 Å². The van der Waals surface area contributed by atoms with Gasteiger partial charge in [0.05, 0.1) is 20.3 Å². The van der Waals surface area contributed by atoms with Crippen molar-refractivity contribution in [1.82, 2.24) is 10.6 Å². The molecule has 1 atom stereocenters. The van der Waals surface area contributed by atoms with E-state index in [1.54, 1.807) is 14.2 Å². The number of piperidine rings is 1. The summed E-state index contributed by atoms with van der Waals surface area (Å²) in [5.41, 5.74) is 1.03. The maximum atomic E-state index is 11.7.